The summed E-state index contributed by atoms with van der Waals surface area (Å²) in [5, 5.41) is 3.01. The zero-order chi connectivity index (χ0) is 26.8. The van der Waals surface area contributed by atoms with Gasteiger partial charge in [-0.05, 0) is 104 Å². The van der Waals surface area contributed by atoms with E-state index in [0.717, 1.165) is 33.6 Å². The summed E-state index contributed by atoms with van der Waals surface area (Å²) in [5.41, 5.74) is 5.63. The number of aryl methyl sites for hydroxylation is 3. The largest absolute Gasteiger partial charge is 0.496 e. The van der Waals surface area contributed by atoms with E-state index in [4.69, 9.17) is 16.3 Å². The lowest BCUT2D eigenvalue weighted by Crippen LogP contribution is -2.27. The molecule has 1 amide bonds. The minimum atomic E-state index is -4.02. The molecule has 3 aromatic rings. The lowest BCUT2D eigenvalue weighted by atomic mass is 9.93. The Balaban J connectivity index is 1.87. The third kappa shape index (κ3) is 6.02. The maximum Gasteiger partial charge on any atom is 0.263 e. The van der Waals surface area contributed by atoms with Crippen molar-refractivity contribution in [3.63, 3.8) is 0 Å². The summed E-state index contributed by atoms with van der Waals surface area (Å²) in [4.78, 5) is 13.0. The van der Waals surface area contributed by atoms with Gasteiger partial charge in [-0.3, -0.25) is 9.52 Å². The number of methoxy groups -OCH3 is 1. The number of anilines is 1. The topological polar surface area (TPSA) is 84.5 Å². The standard InChI is InChI=1S/C28H33ClN2O4S/c1-16(2)23-15-24(19(5)13-26(23)35-7)20(6)30-28(32)21-9-11-25(29)27(14-21)36(33,34)31-22-10-8-17(3)18(4)12-22/h8-16,20,31H,1-7H3,(H,30,32). The molecule has 0 saturated carbocycles. The first-order chi connectivity index (χ1) is 16.8. The van der Waals surface area contributed by atoms with Gasteiger partial charge in [-0.15, -0.1) is 0 Å². The van der Waals surface area contributed by atoms with Crippen LogP contribution in [-0.4, -0.2) is 21.4 Å². The number of amides is 1. The summed E-state index contributed by atoms with van der Waals surface area (Å²) < 4.78 is 34.3. The van der Waals surface area contributed by atoms with Crippen molar-refractivity contribution in [3.05, 3.63) is 86.9 Å². The Bertz CT molecular complexity index is 1400. The summed E-state index contributed by atoms with van der Waals surface area (Å²) in [6, 6.07) is 13.2. The van der Waals surface area contributed by atoms with Gasteiger partial charge in [-0.25, -0.2) is 8.42 Å². The molecule has 8 heteroatoms. The molecule has 2 N–H and O–H groups in total. The van der Waals surface area contributed by atoms with Crippen molar-refractivity contribution in [2.75, 3.05) is 11.8 Å². The van der Waals surface area contributed by atoms with E-state index >= 15 is 0 Å². The number of hydrogen-bond acceptors (Lipinski definition) is 4. The van der Waals surface area contributed by atoms with Crippen LogP contribution in [-0.2, 0) is 10.0 Å². The highest BCUT2D eigenvalue weighted by Gasteiger charge is 2.22. The van der Waals surface area contributed by atoms with Crippen LogP contribution in [0.15, 0.2) is 53.4 Å². The van der Waals surface area contributed by atoms with E-state index in [9.17, 15) is 13.2 Å². The fourth-order valence-electron chi connectivity index (χ4n) is 4.03. The van der Waals surface area contributed by atoms with E-state index in [2.05, 4.69) is 30.0 Å². The van der Waals surface area contributed by atoms with Gasteiger partial charge >= 0.3 is 0 Å². The molecule has 0 spiro atoms. The van der Waals surface area contributed by atoms with Gasteiger partial charge < -0.3 is 10.1 Å². The van der Waals surface area contributed by atoms with Crippen molar-refractivity contribution < 1.29 is 17.9 Å². The van der Waals surface area contributed by atoms with Crippen molar-refractivity contribution in [1.29, 1.82) is 0 Å². The summed E-state index contributed by atoms with van der Waals surface area (Å²) in [7, 11) is -2.37. The molecule has 0 aliphatic rings. The smallest absolute Gasteiger partial charge is 0.263 e. The number of benzene rings is 3. The third-order valence-electron chi connectivity index (χ3n) is 6.30. The Morgan fingerprint density at radius 3 is 2.19 bits per heavy atom. The number of halogens is 1. The Labute approximate surface area is 219 Å². The third-order valence-corrected chi connectivity index (χ3v) is 8.16. The van der Waals surface area contributed by atoms with Crippen LogP contribution in [0.2, 0.25) is 5.02 Å². The lowest BCUT2D eigenvalue weighted by molar-refractivity contribution is 0.0939. The van der Waals surface area contributed by atoms with Gasteiger partial charge in [0.1, 0.15) is 10.6 Å². The molecule has 0 aliphatic carbocycles. The molecule has 1 atom stereocenters. The first-order valence-corrected chi connectivity index (χ1v) is 13.6. The van der Waals surface area contributed by atoms with Crippen LogP contribution >= 0.6 is 11.6 Å². The molecule has 0 aromatic heterocycles. The van der Waals surface area contributed by atoms with Gasteiger partial charge in [0, 0.05) is 11.3 Å². The average Bonchev–Trinajstić information content (AvgIpc) is 2.80. The summed E-state index contributed by atoms with van der Waals surface area (Å²) in [5.74, 6) is 0.660. The number of nitrogens with one attached hydrogen (secondary N) is 2. The van der Waals surface area contributed by atoms with E-state index in [-0.39, 0.29) is 27.4 Å². The molecule has 1 unspecified atom stereocenters. The minimum absolute atomic E-state index is 0.0310. The Kier molecular flexibility index (Phi) is 8.37. The Hall–Kier alpha value is -3.03. The van der Waals surface area contributed by atoms with Crippen LogP contribution in [0.1, 0.15) is 70.9 Å². The fraction of sp³-hybridized carbons (Fsp3) is 0.321. The van der Waals surface area contributed by atoms with Gasteiger partial charge in [-0.1, -0.05) is 31.5 Å². The van der Waals surface area contributed by atoms with Crippen molar-refractivity contribution in [1.82, 2.24) is 5.32 Å². The second kappa shape index (κ2) is 10.9. The van der Waals surface area contributed by atoms with Gasteiger partial charge in [0.25, 0.3) is 15.9 Å². The summed E-state index contributed by atoms with van der Waals surface area (Å²) >= 11 is 6.24. The van der Waals surface area contributed by atoms with Crippen molar-refractivity contribution >= 4 is 33.2 Å². The first kappa shape index (κ1) is 27.6. The van der Waals surface area contributed by atoms with Crippen molar-refractivity contribution in [2.45, 2.75) is 58.4 Å². The van der Waals surface area contributed by atoms with E-state index in [0.29, 0.717) is 5.69 Å². The SMILES string of the molecule is COc1cc(C)c(C(C)NC(=O)c2ccc(Cl)c(S(=O)(=O)Nc3ccc(C)c(C)c3)c2)cc1C(C)C. The van der Waals surface area contributed by atoms with Crippen LogP contribution < -0.4 is 14.8 Å². The molecule has 0 aliphatic heterocycles. The van der Waals surface area contributed by atoms with Gasteiger partial charge in [0.2, 0.25) is 0 Å². The van der Waals surface area contributed by atoms with E-state index < -0.39 is 15.9 Å². The molecule has 0 fully saturated rings. The number of carbonyl (C=O) groups excluding carboxylic acids is 1. The van der Waals surface area contributed by atoms with Crippen LogP contribution in [0.3, 0.4) is 0 Å². The number of sulfonamides is 1. The molecule has 0 radical (unpaired) electrons. The normalized spacial score (nSPS) is 12.4. The number of rotatable bonds is 8. The number of hydrogen-bond donors (Lipinski definition) is 2. The fourth-order valence-corrected chi connectivity index (χ4v) is 5.61. The van der Waals surface area contributed by atoms with E-state index in [1.807, 2.05) is 39.8 Å². The van der Waals surface area contributed by atoms with Crippen LogP contribution in [0.5, 0.6) is 5.75 Å². The summed E-state index contributed by atoms with van der Waals surface area (Å²) in [6.07, 6.45) is 0. The molecule has 0 saturated heterocycles. The molecule has 36 heavy (non-hydrogen) atoms. The Morgan fingerprint density at radius 1 is 0.889 bits per heavy atom. The maximum absolute atomic E-state index is 13.1. The lowest BCUT2D eigenvalue weighted by Gasteiger charge is -2.21. The number of carbonyl (C=O) groups is 1. The second-order valence-electron chi connectivity index (χ2n) is 9.35. The molecule has 3 rings (SSSR count). The van der Waals surface area contributed by atoms with Gasteiger partial charge in [-0.2, -0.15) is 0 Å². The molecule has 0 bridgehead atoms. The van der Waals surface area contributed by atoms with Gasteiger partial charge in [0.05, 0.1) is 18.2 Å². The number of ether oxygens (including phenoxy) is 1. The highest BCUT2D eigenvalue weighted by molar-refractivity contribution is 7.92. The van der Waals surface area contributed by atoms with Crippen LogP contribution in [0.4, 0.5) is 5.69 Å². The van der Waals surface area contributed by atoms with Gasteiger partial charge in [0.15, 0.2) is 0 Å². The molecule has 3 aromatic carbocycles. The summed E-state index contributed by atoms with van der Waals surface area (Å²) in [6.45, 7) is 11.9. The van der Waals surface area contributed by atoms with Crippen molar-refractivity contribution in [2.24, 2.45) is 0 Å². The average molecular weight is 529 g/mol. The van der Waals surface area contributed by atoms with E-state index in [1.54, 1.807) is 19.2 Å². The predicted octanol–water partition coefficient (Wildman–Crippen LogP) is 6.69. The first-order valence-electron chi connectivity index (χ1n) is 11.7. The van der Waals surface area contributed by atoms with E-state index in [1.165, 1.54) is 18.2 Å². The predicted molar refractivity (Wildman–Crippen MR) is 146 cm³/mol. The maximum atomic E-state index is 13.1. The van der Waals surface area contributed by atoms with Crippen LogP contribution in [0, 0.1) is 20.8 Å². The molecular weight excluding hydrogens is 496 g/mol. The van der Waals surface area contributed by atoms with Crippen molar-refractivity contribution in [3.8, 4) is 5.75 Å². The van der Waals surface area contributed by atoms with Crippen LogP contribution in [0.25, 0.3) is 0 Å². The quantitative estimate of drug-likeness (QED) is 0.341. The highest BCUT2D eigenvalue weighted by atomic mass is 35.5. The highest BCUT2D eigenvalue weighted by Crippen LogP contribution is 2.32. The minimum Gasteiger partial charge on any atom is -0.496 e. The monoisotopic (exact) mass is 528 g/mol. The Morgan fingerprint density at radius 2 is 1.58 bits per heavy atom. The second-order valence-corrected chi connectivity index (χ2v) is 11.4. The zero-order valence-electron chi connectivity index (χ0n) is 21.7. The molecule has 192 valence electrons. The molecule has 0 heterocycles. The molecule has 6 nitrogen and oxygen atoms in total. The molecular formula is C28H33ClN2O4S. The zero-order valence-corrected chi connectivity index (χ0v) is 23.3.